The molecule has 0 saturated heterocycles. The Morgan fingerprint density at radius 2 is 1.61 bits per heavy atom. The molecule has 0 fully saturated rings. The highest BCUT2D eigenvalue weighted by atomic mass is 35.5. The van der Waals surface area contributed by atoms with Crippen molar-refractivity contribution < 1.29 is 4.79 Å². The van der Waals surface area contributed by atoms with Gasteiger partial charge in [-0.25, -0.2) is 0 Å². The second-order valence-corrected chi connectivity index (χ2v) is 5.63. The van der Waals surface area contributed by atoms with E-state index < -0.39 is 0 Å². The van der Waals surface area contributed by atoms with Gasteiger partial charge in [0, 0.05) is 25.5 Å². The van der Waals surface area contributed by atoms with Crippen molar-refractivity contribution in [3.8, 4) is 0 Å². The van der Waals surface area contributed by atoms with Crippen molar-refractivity contribution >= 4 is 18.3 Å². The highest BCUT2D eigenvalue weighted by Gasteiger charge is 2.27. The minimum absolute atomic E-state index is 0. The number of hydrogen-bond acceptors (Lipinski definition) is 3. The summed E-state index contributed by atoms with van der Waals surface area (Å²) in [5.74, 6) is -0.239. The normalized spacial score (nSPS) is 14.3. The van der Waals surface area contributed by atoms with Gasteiger partial charge in [-0.1, -0.05) is 37.3 Å². The summed E-state index contributed by atoms with van der Waals surface area (Å²) < 4.78 is 0. The van der Waals surface area contributed by atoms with E-state index in [9.17, 15) is 4.79 Å². The molecule has 1 aromatic carbocycles. The van der Waals surface area contributed by atoms with Crippen LogP contribution in [0.5, 0.6) is 0 Å². The first-order chi connectivity index (χ1) is 10.5. The number of carbonyl (C=O) groups is 1. The fourth-order valence-corrected chi connectivity index (χ4v) is 2.50. The molecular weight excluding hydrogens is 310 g/mol. The van der Waals surface area contributed by atoms with Crippen LogP contribution in [0.15, 0.2) is 54.9 Å². The first kappa shape index (κ1) is 19.1. The molecule has 4 nitrogen and oxygen atoms in total. The molecule has 0 bridgehead atoms. The van der Waals surface area contributed by atoms with E-state index in [0.717, 1.165) is 11.1 Å². The van der Waals surface area contributed by atoms with E-state index in [1.807, 2.05) is 63.4 Å². The van der Waals surface area contributed by atoms with Gasteiger partial charge in [0.05, 0.1) is 12.0 Å². The molecule has 0 saturated carbocycles. The second-order valence-electron chi connectivity index (χ2n) is 5.63. The molecule has 23 heavy (non-hydrogen) atoms. The standard InChI is InChI=1S/C18H23N3O.ClH/c1-13(17(19)16-7-5-4-6-8-16)18(22)21(3)14(2)15-9-11-20-12-10-15;/h4-14,17H,19H2,1-3H3;1H. The molecule has 0 aliphatic rings. The molecule has 1 amide bonds. The number of nitrogens with zero attached hydrogens (tertiary/aromatic N) is 2. The fraction of sp³-hybridized carbons (Fsp3) is 0.333. The molecule has 3 unspecified atom stereocenters. The summed E-state index contributed by atoms with van der Waals surface area (Å²) in [6, 6.07) is 13.3. The molecule has 3 atom stereocenters. The molecule has 0 radical (unpaired) electrons. The summed E-state index contributed by atoms with van der Waals surface area (Å²) in [5.41, 5.74) is 8.30. The van der Waals surface area contributed by atoms with E-state index in [-0.39, 0.29) is 36.3 Å². The number of benzene rings is 1. The zero-order valence-electron chi connectivity index (χ0n) is 13.7. The van der Waals surface area contributed by atoms with E-state index in [1.165, 1.54) is 0 Å². The molecule has 2 aromatic rings. The predicted octanol–water partition coefficient (Wildman–Crippen LogP) is 3.36. The molecule has 2 N–H and O–H groups in total. The fourth-order valence-electron chi connectivity index (χ4n) is 2.50. The van der Waals surface area contributed by atoms with E-state index in [1.54, 1.807) is 17.3 Å². The van der Waals surface area contributed by atoms with Crippen LogP contribution in [-0.4, -0.2) is 22.8 Å². The molecule has 5 heteroatoms. The van der Waals surface area contributed by atoms with E-state index in [2.05, 4.69) is 4.98 Å². The van der Waals surface area contributed by atoms with Gasteiger partial charge in [-0.2, -0.15) is 0 Å². The van der Waals surface area contributed by atoms with Gasteiger partial charge in [-0.3, -0.25) is 9.78 Å². The summed E-state index contributed by atoms with van der Waals surface area (Å²) in [7, 11) is 1.82. The largest absolute Gasteiger partial charge is 0.339 e. The van der Waals surface area contributed by atoms with Crippen LogP contribution in [0.2, 0.25) is 0 Å². The molecule has 1 heterocycles. The first-order valence-corrected chi connectivity index (χ1v) is 7.49. The topological polar surface area (TPSA) is 59.2 Å². The second kappa shape index (κ2) is 8.65. The molecule has 124 valence electrons. The number of aromatic nitrogens is 1. The lowest BCUT2D eigenvalue weighted by Crippen LogP contribution is -2.38. The van der Waals surface area contributed by atoms with E-state index in [4.69, 9.17) is 5.73 Å². The lowest BCUT2D eigenvalue weighted by atomic mass is 9.93. The average molecular weight is 334 g/mol. The summed E-state index contributed by atoms with van der Waals surface area (Å²) in [6.45, 7) is 3.89. The van der Waals surface area contributed by atoms with E-state index in [0.29, 0.717) is 0 Å². The van der Waals surface area contributed by atoms with Crippen LogP contribution in [0, 0.1) is 5.92 Å². The number of rotatable bonds is 5. The number of nitrogens with two attached hydrogens (primary N) is 1. The van der Waals surface area contributed by atoms with Crippen molar-refractivity contribution in [2.24, 2.45) is 11.7 Å². The Bertz CT molecular complexity index is 553. The Balaban J connectivity index is 0.00000264. The number of pyridine rings is 1. The number of halogens is 1. The maximum atomic E-state index is 12.7. The van der Waals surface area contributed by atoms with Gasteiger partial charge in [-0.05, 0) is 30.2 Å². The zero-order valence-corrected chi connectivity index (χ0v) is 14.5. The van der Waals surface area contributed by atoms with Crippen LogP contribution in [0.1, 0.15) is 37.1 Å². The van der Waals surface area contributed by atoms with Crippen molar-refractivity contribution in [2.45, 2.75) is 25.9 Å². The smallest absolute Gasteiger partial charge is 0.227 e. The van der Waals surface area contributed by atoms with Crippen molar-refractivity contribution in [1.29, 1.82) is 0 Å². The SMILES string of the molecule is CC(C(=O)N(C)C(C)c1ccncc1)C(N)c1ccccc1.Cl. The Labute approximate surface area is 144 Å². The molecular formula is C18H24ClN3O. The predicted molar refractivity (Wildman–Crippen MR) is 95.2 cm³/mol. The molecule has 2 rings (SSSR count). The van der Waals surface area contributed by atoms with Crippen LogP contribution in [0.4, 0.5) is 0 Å². The Morgan fingerprint density at radius 3 is 2.17 bits per heavy atom. The van der Waals surface area contributed by atoms with Gasteiger partial charge in [0.25, 0.3) is 0 Å². The Hall–Kier alpha value is -1.91. The maximum Gasteiger partial charge on any atom is 0.227 e. The maximum absolute atomic E-state index is 12.7. The summed E-state index contributed by atoms with van der Waals surface area (Å²) in [4.78, 5) is 18.5. The van der Waals surface area contributed by atoms with Crippen molar-refractivity contribution in [3.63, 3.8) is 0 Å². The van der Waals surface area contributed by atoms with Crippen LogP contribution in [-0.2, 0) is 4.79 Å². The highest BCUT2D eigenvalue weighted by Crippen LogP contribution is 2.25. The summed E-state index contributed by atoms with van der Waals surface area (Å²) >= 11 is 0. The third kappa shape index (κ3) is 4.53. The Kier molecular flexibility index (Phi) is 7.20. The van der Waals surface area contributed by atoms with Crippen LogP contribution < -0.4 is 5.73 Å². The number of hydrogen-bond donors (Lipinski definition) is 1. The van der Waals surface area contributed by atoms with Gasteiger partial charge < -0.3 is 10.6 Å². The quantitative estimate of drug-likeness (QED) is 0.912. The van der Waals surface area contributed by atoms with Crippen molar-refractivity contribution in [3.05, 3.63) is 66.0 Å². The minimum atomic E-state index is -0.305. The van der Waals surface area contributed by atoms with Crippen LogP contribution in [0.25, 0.3) is 0 Å². The monoisotopic (exact) mass is 333 g/mol. The van der Waals surface area contributed by atoms with E-state index >= 15 is 0 Å². The third-order valence-corrected chi connectivity index (χ3v) is 4.23. The average Bonchev–Trinajstić information content (AvgIpc) is 2.60. The first-order valence-electron chi connectivity index (χ1n) is 7.49. The van der Waals surface area contributed by atoms with Gasteiger partial charge in [0.1, 0.15) is 0 Å². The lowest BCUT2D eigenvalue weighted by Gasteiger charge is -2.30. The van der Waals surface area contributed by atoms with Gasteiger partial charge in [0.15, 0.2) is 0 Å². The van der Waals surface area contributed by atoms with Crippen molar-refractivity contribution in [1.82, 2.24) is 9.88 Å². The number of amides is 1. The van der Waals surface area contributed by atoms with Gasteiger partial charge in [0.2, 0.25) is 5.91 Å². The Morgan fingerprint density at radius 1 is 1.04 bits per heavy atom. The summed E-state index contributed by atoms with van der Waals surface area (Å²) in [5, 5.41) is 0. The zero-order chi connectivity index (χ0) is 16.1. The van der Waals surface area contributed by atoms with Crippen LogP contribution in [0.3, 0.4) is 0 Å². The van der Waals surface area contributed by atoms with Crippen molar-refractivity contribution in [2.75, 3.05) is 7.05 Å². The molecule has 0 aliphatic carbocycles. The summed E-state index contributed by atoms with van der Waals surface area (Å²) in [6.07, 6.45) is 3.48. The highest BCUT2D eigenvalue weighted by molar-refractivity contribution is 5.85. The number of carbonyl (C=O) groups excluding carboxylic acids is 1. The van der Waals surface area contributed by atoms with Gasteiger partial charge in [-0.15, -0.1) is 12.4 Å². The lowest BCUT2D eigenvalue weighted by molar-refractivity contribution is -0.136. The van der Waals surface area contributed by atoms with Gasteiger partial charge >= 0.3 is 0 Å². The minimum Gasteiger partial charge on any atom is -0.339 e. The molecule has 1 aromatic heterocycles. The van der Waals surface area contributed by atoms with Crippen LogP contribution >= 0.6 is 12.4 Å². The third-order valence-electron chi connectivity index (χ3n) is 4.23. The molecule has 0 aliphatic heterocycles. The molecule has 0 spiro atoms.